The molecular weight excluding hydrogens is 432 g/mol. The zero-order valence-corrected chi connectivity index (χ0v) is 17.2. The van der Waals surface area contributed by atoms with E-state index in [-0.39, 0.29) is 23.7 Å². The molecule has 1 N–H and O–H groups in total. The number of phenolic OH excluding ortho intramolecular Hbond substituents is 1. The van der Waals surface area contributed by atoms with Gasteiger partial charge in [-0.15, -0.1) is 10.2 Å². The molecule has 5 aromatic rings. The molecule has 8 heteroatoms. The predicted molar refractivity (Wildman–Crippen MR) is 119 cm³/mol. The summed E-state index contributed by atoms with van der Waals surface area (Å²) < 4.78 is 17.0. The molecule has 0 bridgehead atoms. The standard InChI is InChI=1S/C24H15ClN2O5/c25-20-4-2-1-3-17(20)24-27-26-22(32-24)13-30-16-9-10-18-21(11-16)31-12-19(23(18)29)14-5-7-15(28)8-6-14/h1-12,28H,13H2. The smallest absolute Gasteiger partial charge is 0.254 e. The van der Waals surface area contributed by atoms with Crippen LogP contribution in [0.5, 0.6) is 11.5 Å². The quantitative estimate of drug-likeness (QED) is 0.383. The fraction of sp³-hybridized carbons (Fsp3) is 0.0417. The van der Waals surface area contributed by atoms with E-state index in [1.807, 2.05) is 12.1 Å². The Morgan fingerprint density at radius 1 is 0.969 bits per heavy atom. The lowest BCUT2D eigenvalue weighted by Crippen LogP contribution is -2.05. The summed E-state index contributed by atoms with van der Waals surface area (Å²) >= 11 is 6.16. The van der Waals surface area contributed by atoms with E-state index in [0.29, 0.717) is 44.3 Å². The summed E-state index contributed by atoms with van der Waals surface area (Å²) in [6, 6.07) is 18.5. The van der Waals surface area contributed by atoms with Gasteiger partial charge in [0.2, 0.25) is 5.89 Å². The van der Waals surface area contributed by atoms with Crippen LogP contribution < -0.4 is 10.2 Å². The first-order chi connectivity index (χ1) is 15.6. The van der Waals surface area contributed by atoms with E-state index in [2.05, 4.69) is 10.2 Å². The van der Waals surface area contributed by atoms with Crippen LogP contribution in [-0.4, -0.2) is 15.3 Å². The van der Waals surface area contributed by atoms with E-state index in [1.165, 1.54) is 18.4 Å². The molecule has 0 spiro atoms. The number of ether oxygens (including phenoxy) is 1. The molecular formula is C24H15ClN2O5. The second kappa shape index (κ2) is 8.20. The highest BCUT2D eigenvalue weighted by molar-refractivity contribution is 6.33. The average molecular weight is 447 g/mol. The van der Waals surface area contributed by atoms with Crippen LogP contribution in [0.25, 0.3) is 33.6 Å². The molecule has 0 radical (unpaired) electrons. The number of rotatable bonds is 5. The maximum Gasteiger partial charge on any atom is 0.254 e. The predicted octanol–water partition coefficient (Wildman–Crippen LogP) is 5.45. The summed E-state index contributed by atoms with van der Waals surface area (Å²) in [6.07, 6.45) is 1.40. The van der Waals surface area contributed by atoms with Crippen molar-refractivity contribution >= 4 is 22.6 Å². The normalized spacial score (nSPS) is 11.0. The lowest BCUT2D eigenvalue weighted by molar-refractivity contribution is 0.264. The fourth-order valence-electron chi connectivity index (χ4n) is 3.24. The minimum atomic E-state index is -0.176. The Balaban J connectivity index is 1.36. The van der Waals surface area contributed by atoms with Crippen molar-refractivity contribution in [2.45, 2.75) is 6.61 Å². The molecule has 2 heterocycles. The zero-order valence-electron chi connectivity index (χ0n) is 16.5. The van der Waals surface area contributed by atoms with Crippen LogP contribution in [0.3, 0.4) is 0 Å². The number of fused-ring (bicyclic) bond motifs is 1. The molecule has 0 aliphatic carbocycles. The molecule has 0 atom stereocenters. The van der Waals surface area contributed by atoms with Crippen LogP contribution in [0.2, 0.25) is 5.02 Å². The Hall–Kier alpha value is -4.10. The molecule has 0 aliphatic heterocycles. The summed E-state index contributed by atoms with van der Waals surface area (Å²) in [5.41, 5.74) is 1.92. The van der Waals surface area contributed by atoms with Crippen molar-refractivity contribution < 1.29 is 18.7 Å². The molecule has 2 aromatic heterocycles. The first kappa shape index (κ1) is 19.8. The summed E-state index contributed by atoms with van der Waals surface area (Å²) in [4.78, 5) is 12.9. The summed E-state index contributed by atoms with van der Waals surface area (Å²) in [5, 5.41) is 18.4. The largest absolute Gasteiger partial charge is 0.508 e. The van der Waals surface area contributed by atoms with E-state index in [1.54, 1.807) is 42.5 Å². The average Bonchev–Trinajstić information content (AvgIpc) is 3.28. The Kier molecular flexibility index (Phi) is 5.09. The SMILES string of the molecule is O=c1c(-c2ccc(O)cc2)coc2cc(OCc3nnc(-c4ccccc4Cl)o3)ccc12. The second-order valence-corrected chi connectivity index (χ2v) is 7.36. The van der Waals surface area contributed by atoms with Gasteiger partial charge in [0, 0.05) is 6.07 Å². The molecule has 0 saturated carbocycles. The van der Waals surface area contributed by atoms with Gasteiger partial charge in [0.1, 0.15) is 23.3 Å². The van der Waals surface area contributed by atoms with Crippen molar-refractivity contribution in [3.8, 4) is 34.1 Å². The van der Waals surface area contributed by atoms with Gasteiger partial charge in [0.25, 0.3) is 5.89 Å². The topological polar surface area (TPSA) is 98.6 Å². The summed E-state index contributed by atoms with van der Waals surface area (Å²) in [5.74, 6) is 1.20. The van der Waals surface area contributed by atoms with Gasteiger partial charge in [-0.05, 0) is 42.0 Å². The molecule has 0 unspecified atom stereocenters. The third-order valence-electron chi connectivity index (χ3n) is 4.86. The van der Waals surface area contributed by atoms with Crippen molar-refractivity contribution in [3.05, 3.63) is 94.1 Å². The number of phenols is 1. The van der Waals surface area contributed by atoms with Crippen LogP contribution in [0, 0.1) is 0 Å². The van der Waals surface area contributed by atoms with E-state index in [4.69, 9.17) is 25.2 Å². The van der Waals surface area contributed by atoms with Crippen LogP contribution >= 0.6 is 11.6 Å². The Morgan fingerprint density at radius 2 is 1.78 bits per heavy atom. The first-order valence-electron chi connectivity index (χ1n) is 9.63. The molecule has 7 nitrogen and oxygen atoms in total. The molecule has 3 aromatic carbocycles. The summed E-state index contributed by atoms with van der Waals surface area (Å²) in [6.45, 7) is 0.0405. The van der Waals surface area contributed by atoms with Crippen molar-refractivity contribution in [1.29, 1.82) is 0 Å². The van der Waals surface area contributed by atoms with Gasteiger partial charge in [-0.2, -0.15) is 0 Å². The molecule has 158 valence electrons. The number of aromatic hydroxyl groups is 1. The fourth-order valence-corrected chi connectivity index (χ4v) is 3.46. The van der Waals surface area contributed by atoms with Gasteiger partial charge in [-0.3, -0.25) is 4.79 Å². The summed E-state index contributed by atoms with van der Waals surface area (Å²) in [7, 11) is 0. The third-order valence-corrected chi connectivity index (χ3v) is 5.19. The highest BCUT2D eigenvalue weighted by atomic mass is 35.5. The lowest BCUT2D eigenvalue weighted by atomic mass is 10.1. The Labute approximate surface area is 186 Å². The zero-order chi connectivity index (χ0) is 22.1. The highest BCUT2D eigenvalue weighted by Crippen LogP contribution is 2.27. The number of hydrogen-bond acceptors (Lipinski definition) is 7. The molecule has 0 saturated heterocycles. The van der Waals surface area contributed by atoms with Crippen molar-refractivity contribution in [2.75, 3.05) is 0 Å². The molecule has 0 amide bonds. The van der Waals surface area contributed by atoms with Gasteiger partial charge < -0.3 is 18.7 Å². The maximum atomic E-state index is 12.9. The van der Waals surface area contributed by atoms with Gasteiger partial charge >= 0.3 is 0 Å². The first-order valence-corrected chi connectivity index (χ1v) is 10.0. The van der Waals surface area contributed by atoms with Gasteiger partial charge in [-0.1, -0.05) is 35.9 Å². The number of hydrogen-bond donors (Lipinski definition) is 1. The van der Waals surface area contributed by atoms with Gasteiger partial charge in [-0.25, -0.2) is 0 Å². The number of benzene rings is 3. The van der Waals surface area contributed by atoms with Crippen molar-refractivity contribution in [3.63, 3.8) is 0 Å². The van der Waals surface area contributed by atoms with Crippen molar-refractivity contribution in [1.82, 2.24) is 10.2 Å². The van der Waals surface area contributed by atoms with E-state index in [0.717, 1.165) is 0 Å². The minimum absolute atomic E-state index is 0.0405. The molecule has 0 aliphatic rings. The lowest BCUT2D eigenvalue weighted by Gasteiger charge is -2.06. The van der Waals surface area contributed by atoms with E-state index >= 15 is 0 Å². The van der Waals surface area contributed by atoms with Crippen LogP contribution in [0.1, 0.15) is 5.89 Å². The number of halogens is 1. The van der Waals surface area contributed by atoms with Crippen LogP contribution in [0.15, 0.2) is 86.6 Å². The monoisotopic (exact) mass is 446 g/mol. The second-order valence-electron chi connectivity index (χ2n) is 6.95. The molecule has 0 fully saturated rings. The van der Waals surface area contributed by atoms with E-state index in [9.17, 15) is 9.90 Å². The molecule has 32 heavy (non-hydrogen) atoms. The maximum absolute atomic E-state index is 12.9. The van der Waals surface area contributed by atoms with Gasteiger partial charge in [0.15, 0.2) is 12.0 Å². The van der Waals surface area contributed by atoms with Crippen molar-refractivity contribution in [2.24, 2.45) is 0 Å². The minimum Gasteiger partial charge on any atom is -0.508 e. The number of nitrogens with zero attached hydrogens (tertiary/aromatic N) is 2. The molecule has 5 rings (SSSR count). The Bertz CT molecular complexity index is 1470. The van der Waals surface area contributed by atoms with Crippen LogP contribution in [-0.2, 0) is 6.61 Å². The van der Waals surface area contributed by atoms with Crippen LogP contribution in [0.4, 0.5) is 0 Å². The number of aromatic nitrogens is 2. The van der Waals surface area contributed by atoms with E-state index < -0.39 is 0 Å². The third kappa shape index (κ3) is 3.81. The van der Waals surface area contributed by atoms with Gasteiger partial charge in [0.05, 0.1) is 21.5 Å². The highest BCUT2D eigenvalue weighted by Gasteiger charge is 2.13. The Morgan fingerprint density at radius 3 is 2.59 bits per heavy atom.